The maximum Gasteiger partial charge on any atom is 0.320 e. The number of ether oxygens (including phenoxy) is 2. The predicted molar refractivity (Wildman–Crippen MR) is 75.3 cm³/mol. The summed E-state index contributed by atoms with van der Waals surface area (Å²) in [6.45, 7) is 1.97. The van der Waals surface area contributed by atoms with Gasteiger partial charge in [-0.15, -0.1) is 0 Å². The topological polar surface area (TPSA) is 59.0 Å². The molecule has 0 amide bonds. The van der Waals surface area contributed by atoms with Crippen LogP contribution in [0.15, 0.2) is 24.3 Å². The molecule has 1 aliphatic rings. The van der Waals surface area contributed by atoms with Crippen LogP contribution in [0.5, 0.6) is 11.5 Å². The highest BCUT2D eigenvalue weighted by Crippen LogP contribution is 2.19. The van der Waals surface area contributed by atoms with E-state index in [-0.39, 0.29) is 6.04 Å². The van der Waals surface area contributed by atoms with Gasteiger partial charge in [-0.05, 0) is 43.7 Å². The van der Waals surface area contributed by atoms with Crippen molar-refractivity contribution >= 4 is 5.97 Å². The smallest absolute Gasteiger partial charge is 0.320 e. The summed E-state index contributed by atoms with van der Waals surface area (Å²) in [5, 5.41) is 9.19. The number of carbonyl (C=O) groups is 1. The van der Waals surface area contributed by atoms with Gasteiger partial charge >= 0.3 is 5.97 Å². The second-order valence-electron chi connectivity index (χ2n) is 4.91. The Morgan fingerprint density at radius 3 is 2.65 bits per heavy atom. The van der Waals surface area contributed by atoms with Crippen molar-refractivity contribution in [1.82, 2.24) is 4.90 Å². The molecule has 5 nitrogen and oxygen atoms in total. The van der Waals surface area contributed by atoms with Gasteiger partial charge in [-0.3, -0.25) is 9.69 Å². The molecule has 20 heavy (non-hydrogen) atoms. The highest BCUT2D eigenvalue weighted by atomic mass is 16.5. The third-order valence-corrected chi connectivity index (χ3v) is 3.61. The first kappa shape index (κ1) is 14.7. The van der Waals surface area contributed by atoms with Gasteiger partial charge in [-0.25, -0.2) is 0 Å². The summed E-state index contributed by atoms with van der Waals surface area (Å²) >= 11 is 0. The summed E-state index contributed by atoms with van der Waals surface area (Å²) in [5.74, 6) is 0.836. The maximum atomic E-state index is 11.2. The molecule has 0 aliphatic carbocycles. The Kier molecular flexibility index (Phi) is 5.24. The number of carboxylic acids is 1. The lowest BCUT2D eigenvalue weighted by molar-refractivity contribution is -0.144. The molecule has 1 aromatic rings. The van der Waals surface area contributed by atoms with Crippen LogP contribution in [0.25, 0.3) is 0 Å². The van der Waals surface area contributed by atoms with Gasteiger partial charge in [0.15, 0.2) is 0 Å². The van der Waals surface area contributed by atoms with Crippen molar-refractivity contribution in [3.63, 3.8) is 0 Å². The van der Waals surface area contributed by atoms with Crippen LogP contribution in [-0.2, 0) is 4.79 Å². The third kappa shape index (κ3) is 3.87. The minimum absolute atomic E-state index is 0.358. The molecule has 1 atom stereocenters. The zero-order valence-corrected chi connectivity index (χ0v) is 11.7. The number of nitrogens with zero attached hydrogens (tertiary/aromatic N) is 1. The van der Waals surface area contributed by atoms with E-state index < -0.39 is 5.97 Å². The Labute approximate surface area is 119 Å². The molecular weight excluding hydrogens is 258 g/mol. The number of aliphatic carboxylic acids is 1. The third-order valence-electron chi connectivity index (χ3n) is 3.61. The van der Waals surface area contributed by atoms with Gasteiger partial charge in [0.25, 0.3) is 0 Å². The first-order valence-electron chi connectivity index (χ1n) is 6.94. The fourth-order valence-electron chi connectivity index (χ4n) is 2.49. The Hall–Kier alpha value is -1.75. The normalized spacial score (nSPS) is 19.6. The van der Waals surface area contributed by atoms with Gasteiger partial charge in [0.2, 0.25) is 0 Å². The minimum Gasteiger partial charge on any atom is -0.497 e. The molecule has 0 saturated carbocycles. The van der Waals surface area contributed by atoms with E-state index in [1.807, 2.05) is 29.2 Å². The highest BCUT2D eigenvalue weighted by Gasteiger charge is 2.27. The summed E-state index contributed by atoms with van der Waals surface area (Å²) < 4.78 is 10.7. The quantitative estimate of drug-likeness (QED) is 0.863. The first-order valence-corrected chi connectivity index (χ1v) is 6.94. The predicted octanol–water partition coefficient (Wildman–Crippen LogP) is 2.01. The van der Waals surface area contributed by atoms with Gasteiger partial charge in [0, 0.05) is 6.54 Å². The molecule has 0 bridgehead atoms. The summed E-state index contributed by atoms with van der Waals surface area (Å²) in [4.78, 5) is 13.2. The van der Waals surface area contributed by atoms with Crippen molar-refractivity contribution in [2.24, 2.45) is 0 Å². The average molecular weight is 279 g/mol. The molecule has 1 aliphatic heterocycles. The van der Waals surface area contributed by atoms with Crippen LogP contribution in [-0.4, -0.2) is 48.8 Å². The van der Waals surface area contributed by atoms with Crippen molar-refractivity contribution in [2.75, 3.05) is 26.8 Å². The molecule has 2 rings (SSSR count). The Balaban J connectivity index is 1.80. The second kappa shape index (κ2) is 7.14. The molecule has 1 fully saturated rings. The SMILES string of the molecule is COc1ccc(OCCN2CCCCC2C(=O)O)cc1. The van der Waals surface area contributed by atoms with Crippen molar-refractivity contribution in [2.45, 2.75) is 25.3 Å². The van der Waals surface area contributed by atoms with Crippen LogP contribution < -0.4 is 9.47 Å². The number of benzene rings is 1. The molecule has 110 valence electrons. The molecule has 5 heteroatoms. The first-order chi connectivity index (χ1) is 9.70. The molecular formula is C15H21NO4. The molecule has 1 aromatic carbocycles. The van der Waals surface area contributed by atoms with E-state index in [0.29, 0.717) is 13.2 Å². The summed E-state index contributed by atoms with van der Waals surface area (Å²) in [7, 11) is 1.62. The van der Waals surface area contributed by atoms with E-state index in [2.05, 4.69) is 0 Å². The van der Waals surface area contributed by atoms with Crippen LogP contribution in [0.4, 0.5) is 0 Å². The fourth-order valence-corrected chi connectivity index (χ4v) is 2.49. The van der Waals surface area contributed by atoms with E-state index in [9.17, 15) is 9.90 Å². The van der Waals surface area contributed by atoms with Crippen LogP contribution in [0.1, 0.15) is 19.3 Å². The number of piperidine rings is 1. The van der Waals surface area contributed by atoms with E-state index in [4.69, 9.17) is 9.47 Å². The molecule has 0 spiro atoms. The lowest BCUT2D eigenvalue weighted by Crippen LogP contribution is -2.46. The zero-order valence-electron chi connectivity index (χ0n) is 11.7. The standard InChI is InChI=1S/C15H21NO4/c1-19-12-5-7-13(8-6-12)20-11-10-16-9-3-2-4-14(16)15(17)18/h5-8,14H,2-4,9-11H2,1H3,(H,17,18). The lowest BCUT2D eigenvalue weighted by atomic mass is 10.0. The largest absolute Gasteiger partial charge is 0.497 e. The van der Waals surface area contributed by atoms with Crippen molar-refractivity contribution in [3.8, 4) is 11.5 Å². The minimum atomic E-state index is -0.728. The van der Waals surface area contributed by atoms with Gasteiger partial charge in [0.05, 0.1) is 7.11 Å². The van der Waals surface area contributed by atoms with Crippen molar-refractivity contribution in [3.05, 3.63) is 24.3 Å². The molecule has 0 aromatic heterocycles. The summed E-state index contributed by atoms with van der Waals surface area (Å²) in [5.41, 5.74) is 0. The Bertz CT molecular complexity index is 432. The van der Waals surface area contributed by atoms with Crippen LogP contribution in [0, 0.1) is 0 Å². The van der Waals surface area contributed by atoms with Crippen molar-refractivity contribution < 1.29 is 19.4 Å². The number of rotatable bonds is 6. The molecule has 0 radical (unpaired) electrons. The second-order valence-corrected chi connectivity index (χ2v) is 4.91. The number of methoxy groups -OCH3 is 1. The fraction of sp³-hybridized carbons (Fsp3) is 0.533. The van der Waals surface area contributed by atoms with E-state index in [0.717, 1.165) is 37.3 Å². The van der Waals surface area contributed by atoms with Gasteiger partial charge in [0.1, 0.15) is 24.1 Å². The summed E-state index contributed by atoms with van der Waals surface area (Å²) in [6.07, 6.45) is 2.79. The molecule has 1 unspecified atom stereocenters. The van der Waals surface area contributed by atoms with E-state index in [1.165, 1.54) is 0 Å². The van der Waals surface area contributed by atoms with Crippen LogP contribution in [0.2, 0.25) is 0 Å². The van der Waals surface area contributed by atoms with Crippen LogP contribution >= 0.6 is 0 Å². The van der Waals surface area contributed by atoms with Gasteiger partial charge in [-0.1, -0.05) is 6.42 Å². The van der Waals surface area contributed by atoms with Crippen molar-refractivity contribution in [1.29, 1.82) is 0 Å². The number of hydrogen-bond donors (Lipinski definition) is 1. The molecule has 1 saturated heterocycles. The van der Waals surface area contributed by atoms with Gasteiger partial charge < -0.3 is 14.6 Å². The number of likely N-dealkylation sites (tertiary alicyclic amines) is 1. The van der Waals surface area contributed by atoms with Gasteiger partial charge in [-0.2, -0.15) is 0 Å². The number of hydrogen-bond acceptors (Lipinski definition) is 4. The highest BCUT2D eigenvalue weighted by molar-refractivity contribution is 5.73. The summed E-state index contributed by atoms with van der Waals surface area (Å²) in [6, 6.07) is 7.03. The molecule has 1 heterocycles. The van der Waals surface area contributed by atoms with E-state index in [1.54, 1.807) is 7.11 Å². The lowest BCUT2D eigenvalue weighted by Gasteiger charge is -2.32. The Morgan fingerprint density at radius 1 is 1.30 bits per heavy atom. The van der Waals surface area contributed by atoms with Crippen LogP contribution in [0.3, 0.4) is 0 Å². The molecule has 1 N–H and O–H groups in total. The average Bonchev–Trinajstić information content (AvgIpc) is 2.48. The number of carboxylic acid groups (broad SMARTS) is 1. The van der Waals surface area contributed by atoms with E-state index >= 15 is 0 Å². The Morgan fingerprint density at radius 2 is 2.00 bits per heavy atom. The monoisotopic (exact) mass is 279 g/mol. The zero-order chi connectivity index (χ0) is 14.4. The maximum absolute atomic E-state index is 11.2.